The van der Waals surface area contributed by atoms with Crippen molar-refractivity contribution in [2.45, 2.75) is 83.3 Å². The van der Waals surface area contributed by atoms with Crippen LogP contribution in [0.2, 0.25) is 0 Å². The number of nitriles is 1. The maximum absolute atomic E-state index is 14.0. The Hall–Kier alpha value is -3.41. The first kappa shape index (κ1) is 25.7. The van der Waals surface area contributed by atoms with Gasteiger partial charge >= 0.3 is 0 Å². The van der Waals surface area contributed by atoms with E-state index in [4.69, 9.17) is 0 Å². The quantitative estimate of drug-likeness (QED) is 0.620. The van der Waals surface area contributed by atoms with Gasteiger partial charge in [-0.15, -0.1) is 0 Å². The molecule has 4 amide bonds. The number of amides is 4. The van der Waals surface area contributed by atoms with Gasteiger partial charge in [-0.1, -0.05) is 32.9 Å². The molecule has 0 aromatic heterocycles. The second-order valence-electron chi connectivity index (χ2n) is 11.6. The molecule has 3 heterocycles. The maximum atomic E-state index is 14.0. The van der Waals surface area contributed by atoms with Gasteiger partial charge in [0.15, 0.2) is 0 Å². The Balaban J connectivity index is 1.81. The largest absolute Gasteiger partial charge is 0.345 e. The number of benzene rings is 1. The van der Waals surface area contributed by atoms with Gasteiger partial charge in [0, 0.05) is 32.1 Å². The van der Waals surface area contributed by atoms with E-state index in [1.165, 1.54) is 9.80 Å². The fourth-order valence-electron chi connectivity index (χ4n) is 5.68. The summed E-state index contributed by atoms with van der Waals surface area (Å²) in [7, 11) is 1.57. The molecule has 4 rings (SSSR count). The van der Waals surface area contributed by atoms with Gasteiger partial charge in [0.1, 0.15) is 18.1 Å². The highest BCUT2D eigenvalue weighted by atomic mass is 16.2. The minimum atomic E-state index is -1.02. The zero-order valence-corrected chi connectivity index (χ0v) is 21.7. The lowest BCUT2D eigenvalue weighted by molar-refractivity contribution is -0.147. The molecule has 36 heavy (non-hydrogen) atoms. The monoisotopic (exact) mass is 493 g/mol. The fraction of sp³-hybridized carbons (Fsp3) is 0.593. The van der Waals surface area contributed by atoms with Crippen LogP contribution in [-0.2, 0) is 31.0 Å². The number of rotatable bonds is 1. The molecule has 0 aliphatic carbocycles. The molecule has 1 aromatic carbocycles. The maximum Gasteiger partial charge on any atom is 0.246 e. The van der Waals surface area contributed by atoms with Gasteiger partial charge in [0.25, 0.3) is 0 Å². The van der Waals surface area contributed by atoms with Crippen molar-refractivity contribution in [1.82, 2.24) is 15.1 Å². The van der Waals surface area contributed by atoms with Crippen molar-refractivity contribution < 1.29 is 19.2 Å². The molecule has 3 aliphatic rings. The number of hydrogen-bond acceptors (Lipinski definition) is 5. The van der Waals surface area contributed by atoms with Gasteiger partial charge in [-0.25, -0.2) is 0 Å². The second-order valence-corrected chi connectivity index (χ2v) is 11.6. The molecule has 4 atom stereocenters. The first-order valence-corrected chi connectivity index (χ1v) is 12.6. The van der Waals surface area contributed by atoms with Gasteiger partial charge in [-0.3, -0.25) is 19.2 Å². The first-order valence-electron chi connectivity index (χ1n) is 12.6. The Morgan fingerprint density at radius 1 is 1.14 bits per heavy atom. The van der Waals surface area contributed by atoms with Gasteiger partial charge in [-0.05, 0) is 48.8 Å². The summed E-state index contributed by atoms with van der Waals surface area (Å²) in [6.45, 7) is 7.66. The molecule has 0 radical (unpaired) electrons. The highest BCUT2D eigenvalue weighted by molar-refractivity contribution is 6.07. The Morgan fingerprint density at radius 3 is 2.53 bits per heavy atom. The summed E-state index contributed by atoms with van der Waals surface area (Å²) in [5, 5.41) is 15.7. The van der Waals surface area contributed by atoms with E-state index in [9.17, 15) is 24.4 Å². The van der Waals surface area contributed by atoms with Crippen LogP contribution in [0.3, 0.4) is 0 Å². The van der Waals surface area contributed by atoms with Crippen LogP contribution in [0.1, 0.15) is 64.5 Å². The normalized spacial score (nSPS) is 29.2. The summed E-state index contributed by atoms with van der Waals surface area (Å²) in [5.74, 6) is -1.16. The summed E-state index contributed by atoms with van der Waals surface area (Å²) >= 11 is 0. The minimum absolute atomic E-state index is 0.0846. The summed E-state index contributed by atoms with van der Waals surface area (Å²) in [6, 6.07) is 5.57. The predicted octanol–water partition coefficient (Wildman–Crippen LogP) is 2.11. The van der Waals surface area contributed by atoms with E-state index in [1.807, 2.05) is 39.0 Å². The van der Waals surface area contributed by atoms with Crippen LogP contribution in [0.4, 0.5) is 5.69 Å². The number of carbonyl (C=O) groups excluding carboxylic acids is 4. The van der Waals surface area contributed by atoms with Crippen LogP contribution >= 0.6 is 0 Å². The van der Waals surface area contributed by atoms with E-state index >= 15 is 0 Å². The molecule has 9 nitrogen and oxygen atoms in total. The predicted molar refractivity (Wildman–Crippen MR) is 134 cm³/mol. The van der Waals surface area contributed by atoms with Crippen molar-refractivity contribution in [2.24, 2.45) is 5.41 Å². The van der Waals surface area contributed by atoms with Gasteiger partial charge in [-0.2, -0.15) is 5.26 Å². The van der Waals surface area contributed by atoms with Crippen LogP contribution in [0.5, 0.6) is 0 Å². The Kier molecular flexibility index (Phi) is 6.58. The lowest BCUT2D eigenvalue weighted by Gasteiger charge is -2.36. The van der Waals surface area contributed by atoms with Crippen LogP contribution in [0, 0.1) is 16.7 Å². The van der Waals surface area contributed by atoms with Crippen LogP contribution < -0.4 is 10.6 Å². The molecule has 192 valence electrons. The lowest BCUT2D eigenvalue weighted by atomic mass is 9.79. The Bertz CT molecular complexity index is 1150. The van der Waals surface area contributed by atoms with Crippen molar-refractivity contribution in [3.63, 3.8) is 0 Å². The van der Waals surface area contributed by atoms with E-state index < -0.39 is 23.5 Å². The zero-order chi connectivity index (χ0) is 26.4. The molecular weight excluding hydrogens is 458 g/mol. The third-order valence-electron chi connectivity index (χ3n) is 7.60. The SMILES string of the molecule is C[C@@H]1NC(=O)CCCc2ccc3c(c2)[C@@]2(CC(C#N)N(C2)C(=O)[C@H](CC(C)(C)C)N(C)C1=O)C(=O)N3. The average Bonchev–Trinajstić information content (AvgIpc) is 3.33. The third kappa shape index (κ3) is 4.57. The molecule has 2 N–H and O–H groups in total. The van der Waals surface area contributed by atoms with Crippen molar-refractivity contribution >= 4 is 29.3 Å². The number of aryl methyl sites for hydroxylation is 1. The smallest absolute Gasteiger partial charge is 0.246 e. The number of nitrogens with zero attached hydrogens (tertiary/aromatic N) is 3. The van der Waals surface area contributed by atoms with Crippen LogP contribution in [0.25, 0.3) is 0 Å². The van der Waals surface area contributed by atoms with Crippen LogP contribution in [0.15, 0.2) is 18.2 Å². The van der Waals surface area contributed by atoms with E-state index in [0.29, 0.717) is 24.9 Å². The lowest BCUT2D eigenvalue weighted by Crippen LogP contribution is -2.56. The highest BCUT2D eigenvalue weighted by Gasteiger charge is 2.57. The topological polar surface area (TPSA) is 123 Å². The van der Waals surface area contributed by atoms with Crippen molar-refractivity contribution in [3.8, 4) is 6.07 Å². The summed E-state index contributed by atoms with van der Waals surface area (Å²) in [4.78, 5) is 56.1. The molecule has 3 aliphatic heterocycles. The Labute approximate surface area is 212 Å². The van der Waals surface area contributed by atoms with Gasteiger partial charge in [0.05, 0.1) is 11.5 Å². The van der Waals surface area contributed by atoms with E-state index in [2.05, 4.69) is 16.7 Å². The summed E-state index contributed by atoms with van der Waals surface area (Å²) in [6.07, 6.45) is 2.05. The molecule has 1 saturated heterocycles. The third-order valence-corrected chi connectivity index (χ3v) is 7.60. The molecule has 9 heteroatoms. The van der Waals surface area contributed by atoms with Gasteiger partial charge < -0.3 is 20.4 Å². The van der Waals surface area contributed by atoms with E-state index in [1.54, 1.807) is 14.0 Å². The number of nitrogens with one attached hydrogen (secondary N) is 2. The molecule has 1 spiro atoms. The number of hydrogen-bond donors (Lipinski definition) is 2. The van der Waals surface area contributed by atoms with E-state index in [0.717, 1.165) is 11.1 Å². The highest BCUT2D eigenvalue weighted by Crippen LogP contribution is 2.47. The zero-order valence-electron chi connectivity index (χ0n) is 21.7. The second kappa shape index (κ2) is 9.23. The van der Waals surface area contributed by atoms with Crippen molar-refractivity contribution in [2.75, 3.05) is 18.9 Å². The average molecular weight is 494 g/mol. The fourth-order valence-corrected chi connectivity index (χ4v) is 5.68. The first-order chi connectivity index (χ1) is 16.9. The van der Waals surface area contributed by atoms with E-state index in [-0.39, 0.29) is 48.4 Å². The summed E-state index contributed by atoms with van der Waals surface area (Å²) < 4.78 is 0. The molecular formula is C27H35N5O4. The molecule has 1 fully saturated rings. The number of likely N-dealkylation sites (N-methyl/N-ethyl adjacent to an activating group) is 1. The summed E-state index contributed by atoms with van der Waals surface area (Å²) in [5.41, 5.74) is 1.16. The molecule has 1 aromatic rings. The number of fused-ring (bicyclic) bond motifs is 2. The van der Waals surface area contributed by atoms with Crippen molar-refractivity contribution in [1.29, 1.82) is 5.26 Å². The molecule has 4 bridgehead atoms. The van der Waals surface area contributed by atoms with Gasteiger partial charge in [0.2, 0.25) is 23.6 Å². The van der Waals surface area contributed by atoms with Crippen molar-refractivity contribution in [3.05, 3.63) is 29.3 Å². The standard InChI is InChI=1S/C27H35N5O4/c1-16-23(34)31(5)21(13-26(2,3)4)24(35)32-15-27(12-18(32)14-28)19-11-17(7-6-8-22(33)29-16)9-10-20(19)30-25(27)36/h9-11,16,18,21H,6-8,12-13,15H2,1-5H3,(H,29,33)(H,30,36)/t16-,18?,21-,27-/m0/s1. The number of carbonyl (C=O) groups is 4. The minimum Gasteiger partial charge on any atom is -0.345 e. The van der Waals surface area contributed by atoms with Crippen LogP contribution in [-0.4, -0.2) is 65.1 Å². The molecule has 1 unspecified atom stereocenters. The number of anilines is 1. The molecule has 0 saturated carbocycles. The Morgan fingerprint density at radius 2 is 1.86 bits per heavy atom.